The third-order valence-electron chi connectivity index (χ3n) is 3.14. The van der Waals surface area contributed by atoms with E-state index in [4.69, 9.17) is 25.8 Å². The fourth-order valence-corrected chi connectivity index (χ4v) is 2.29. The summed E-state index contributed by atoms with van der Waals surface area (Å²) in [5.41, 5.74) is 2.01. The van der Waals surface area contributed by atoms with Gasteiger partial charge in [-0.15, -0.1) is 0 Å². The van der Waals surface area contributed by atoms with Crippen LogP contribution >= 0.6 is 11.6 Å². The predicted molar refractivity (Wildman–Crippen MR) is 81.9 cm³/mol. The number of halogens is 1. The van der Waals surface area contributed by atoms with Gasteiger partial charge >= 0.3 is 0 Å². The maximum atomic E-state index is 11.0. The van der Waals surface area contributed by atoms with Crippen molar-refractivity contribution in [3.05, 3.63) is 40.9 Å². The van der Waals surface area contributed by atoms with Gasteiger partial charge in [0.1, 0.15) is 0 Å². The largest absolute Gasteiger partial charge is 0.493 e. The number of hydrogen-bond acceptors (Lipinski definition) is 4. The van der Waals surface area contributed by atoms with Crippen LogP contribution < -0.4 is 14.2 Å². The monoisotopic (exact) mass is 306 g/mol. The minimum absolute atomic E-state index is 0.410. The van der Waals surface area contributed by atoms with E-state index in [1.807, 2.05) is 12.1 Å². The molecule has 4 nitrogen and oxygen atoms in total. The van der Waals surface area contributed by atoms with E-state index in [0.717, 1.165) is 17.4 Å². The normalized spacial score (nSPS) is 10.1. The van der Waals surface area contributed by atoms with Gasteiger partial charge in [0, 0.05) is 11.1 Å². The van der Waals surface area contributed by atoms with Gasteiger partial charge in [0.25, 0.3) is 0 Å². The molecule has 0 aliphatic heterocycles. The Morgan fingerprint density at radius 2 is 1.67 bits per heavy atom. The molecule has 0 bridgehead atoms. The number of methoxy groups -OCH3 is 3. The molecule has 0 radical (unpaired) electrons. The van der Waals surface area contributed by atoms with Crippen molar-refractivity contribution in [2.24, 2.45) is 0 Å². The molecule has 0 aliphatic rings. The molecule has 0 saturated heterocycles. The molecule has 21 heavy (non-hydrogen) atoms. The minimum Gasteiger partial charge on any atom is -0.493 e. The summed E-state index contributed by atoms with van der Waals surface area (Å²) in [6.45, 7) is 0. The Kier molecular flexibility index (Phi) is 4.70. The smallest absolute Gasteiger partial charge is 0.203 e. The first-order valence-corrected chi connectivity index (χ1v) is 6.58. The molecule has 2 aromatic rings. The first-order chi connectivity index (χ1) is 10.2. The number of hydrogen-bond donors (Lipinski definition) is 0. The van der Waals surface area contributed by atoms with E-state index in [-0.39, 0.29) is 0 Å². The zero-order valence-electron chi connectivity index (χ0n) is 12.0. The highest BCUT2D eigenvalue weighted by Crippen LogP contribution is 2.44. The van der Waals surface area contributed by atoms with Crippen LogP contribution in [0.15, 0.2) is 30.3 Å². The van der Waals surface area contributed by atoms with Gasteiger partial charge in [0.2, 0.25) is 5.75 Å². The van der Waals surface area contributed by atoms with Gasteiger partial charge in [-0.2, -0.15) is 0 Å². The van der Waals surface area contributed by atoms with Crippen molar-refractivity contribution in [3.8, 4) is 28.4 Å². The molecule has 2 aromatic carbocycles. The molecule has 0 amide bonds. The quantitative estimate of drug-likeness (QED) is 0.787. The van der Waals surface area contributed by atoms with Crippen molar-refractivity contribution < 1.29 is 19.0 Å². The van der Waals surface area contributed by atoms with Crippen LogP contribution in [-0.2, 0) is 0 Å². The highest BCUT2D eigenvalue weighted by Gasteiger charge is 2.17. The van der Waals surface area contributed by atoms with Gasteiger partial charge in [0.05, 0.1) is 26.4 Å². The molecule has 0 atom stereocenters. The summed E-state index contributed by atoms with van der Waals surface area (Å²) in [4.78, 5) is 11.0. The second kappa shape index (κ2) is 6.50. The molecule has 0 saturated carbocycles. The number of ether oxygens (including phenoxy) is 3. The first-order valence-electron chi connectivity index (χ1n) is 6.20. The zero-order chi connectivity index (χ0) is 15.4. The Morgan fingerprint density at radius 1 is 0.952 bits per heavy atom. The van der Waals surface area contributed by atoms with E-state index in [9.17, 15) is 4.79 Å². The van der Waals surface area contributed by atoms with Crippen LogP contribution in [0, 0.1) is 0 Å². The molecule has 0 unspecified atom stereocenters. The van der Waals surface area contributed by atoms with Gasteiger partial charge in [-0.1, -0.05) is 17.7 Å². The van der Waals surface area contributed by atoms with Crippen LogP contribution in [0.1, 0.15) is 10.4 Å². The van der Waals surface area contributed by atoms with Crippen molar-refractivity contribution in [1.29, 1.82) is 0 Å². The molecule has 2 rings (SSSR count). The average Bonchev–Trinajstić information content (AvgIpc) is 2.53. The van der Waals surface area contributed by atoms with Crippen LogP contribution in [0.5, 0.6) is 17.2 Å². The Bertz CT molecular complexity index is 668. The molecule has 0 aromatic heterocycles. The van der Waals surface area contributed by atoms with E-state index in [0.29, 0.717) is 27.8 Å². The van der Waals surface area contributed by atoms with E-state index >= 15 is 0 Å². The van der Waals surface area contributed by atoms with Crippen LogP contribution in [0.4, 0.5) is 0 Å². The zero-order valence-corrected chi connectivity index (χ0v) is 12.7. The second-order valence-electron chi connectivity index (χ2n) is 4.24. The number of carbonyl (C=O) groups is 1. The Balaban J connectivity index is 2.66. The summed E-state index contributed by atoms with van der Waals surface area (Å²) < 4.78 is 16.0. The standard InChI is InChI=1S/C16H15ClO4/c1-19-14-7-5-12(15(20-2)16(14)21-3)10-4-6-13(17)11(8-10)9-18/h4-9H,1-3H3. The SMILES string of the molecule is COc1ccc(-c2ccc(Cl)c(C=O)c2)c(OC)c1OC. The van der Waals surface area contributed by atoms with Gasteiger partial charge in [0.15, 0.2) is 17.8 Å². The Hall–Kier alpha value is -2.20. The van der Waals surface area contributed by atoms with Gasteiger partial charge < -0.3 is 14.2 Å². The summed E-state index contributed by atoms with van der Waals surface area (Å²) in [5, 5.41) is 0.410. The number of rotatable bonds is 5. The summed E-state index contributed by atoms with van der Waals surface area (Å²) in [7, 11) is 4.66. The van der Waals surface area contributed by atoms with E-state index < -0.39 is 0 Å². The van der Waals surface area contributed by atoms with E-state index in [1.165, 1.54) is 0 Å². The van der Waals surface area contributed by atoms with Gasteiger partial charge in [-0.05, 0) is 29.8 Å². The third-order valence-corrected chi connectivity index (χ3v) is 3.48. The lowest BCUT2D eigenvalue weighted by atomic mass is 10.0. The molecule has 0 spiro atoms. The van der Waals surface area contributed by atoms with Crippen molar-refractivity contribution in [1.82, 2.24) is 0 Å². The fraction of sp³-hybridized carbons (Fsp3) is 0.188. The third kappa shape index (κ3) is 2.81. The van der Waals surface area contributed by atoms with Crippen LogP contribution in [0.3, 0.4) is 0 Å². The summed E-state index contributed by atoms with van der Waals surface area (Å²) >= 11 is 5.96. The van der Waals surface area contributed by atoms with Crippen LogP contribution in [0.25, 0.3) is 11.1 Å². The predicted octanol–water partition coefficient (Wildman–Crippen LogP) is 3.85. The average molecular weight is 307 g/mol. The molecule has 5 heteroatoms. The summed E-state index contributed by atoms with van der Waals surface area (Å²) in [6, 6.07) is 8.83. The Morgan fingerprint density at radius 3 is 2.24 bits per heavy atom. The van der Waals surface area contributed by atoms with Crippen molar-refractivity contribution in [2.45, 2.75) is 0 Å². The van der Waals surface area contributed by atoms with Gasteiger partial charge in [-0.25, -0.2) is 0 Å². The van der Waals surface area contributed by atoms with E-state index in [2.05, 4.69) is 0 Å². The molecule has 110 valence electrons. The lowest BCUT2D eigenvalue weighted by molar-refractivity contribution is 0.112. The van der Waals surface area contributed by atoms with Crippen molar-refractivity contribution >= 4 is 17.9 Å². The van der Waals surface area contributed by atoms with Gasteiger partial charge in [-0.3, -0.25) is 4.79 Å². The summed E-state index contributed by atoms with van der Waals surface area (Å²) in [5.74, 6) is 1.61. The highest BCUT2D eigenvalue weighted by atomic mass is 35.5. The van der Waals surface area contributed by atoms with Crippen LogP contribution in [-0.4, -0.2) is 27.6 Å². The fourth-order valence-electron chi connectivity index (χ4n) is 2.13. The topological polar surface area (TPSA) is 44.8 Å². The maximum absolute atomic E-state index is 11.0. The first kappa shape index (κ1) is 15.2. The minimum atomic E-state index is 0.410. The second-order valence-corrected chi connectivity index (χ2v) is 4.64. The molecule has 0 aliphatic carbocycles. The number of aldehydes is 1. The molecule has 0 heterocycles. The van der Waals surface area contributed by atoms with Crippen LogP contribution in [0.2, 0.25) is 5.02 Å². The summed E-state index contributed by atoms with van der Waals surface area (Å²) in [6.07, 6.45) is 0.721. The van der Waals surface area contributed by atoms with Crippen molar-refractivity contribution in [2.75, 3.05) is 21.3 Å². The van der Waals surface area contributed by atoms with E-state index in [1.54, 1.807) is 39.5 Å². The highest BCUT2D eigenvalue weighted by molar-refractivity contribution is 6.33. The molecular formula is C16H15ClO4. The lowest BCUT2D eigenvalue weighted by Gasteiger charge is -2.16. The van der Waals surface area contributed by atoms with Crippen molar-refractivity contribution in [3.63, 3.8) is 0 Å². The maximum Gasteiger partial charge on any atom is 0.203 e. The number of carbonyl (C=O) groups excluding carboxylic acids is 1. The molecular weight excluding hydrogens is 292 g/mol. The Labute approximate surface area is 128 Å². The molecule has 0 fully saturated rings. The molecule has 0 N–H and O–H groups in total. The lowest BCUT2D eigenvalue weighted by Crippen LogP contribution is -1.97. The number of benzene rings is 2.